The van der Waals surface area contributed by atoms with Crippen LogP contribution in [0.25, 0.3) is 10.2 Å². The maximum atomic E-state index is 13.6. The van der Waals surface area contributed by atoms with Crippen LogP contribution in [0.1, 0.15) is 34.1 Å². The highest BCUT2D eigenvalue weighted by atomic mass is 32.2. The van der Waals surface area contributed by atoms with E-state index in [0.29, 0.717) is 22.6 Å². The van der Waals surface area contributed by atoms with Crippen molar-refractivity contribution in [3.8, 4) is 0 Å². The number of anilines is 1. The van der Waals surface area contributed by atoms with Gasteiger partial charge >= 0.3 is 5.97 Å². The van der Waals surface area contributed by atoms with Gasteiger partial charge in [0.15, 0.2) is 14.6 Å². The molecule has 1 aliphatic carbocycles. The first-order valence-electron chi connectivity index (χ1n) is 11.7. The summed E-state index contributed by atoms with van der Waals surface area (Å²) < 4.78 is 46.0. The van der Waals surface area contributed by atoms with Gasteiger partial charge in [0.2, 0.25) is 5.91 Å². The van der Waals surface area contributed by atoms with E-state index >= 15 is 0 Å². The molecule has 13 heteroatoms. The molecule has 1 aromatic carbocycles. The average Bonchev–Trinajstić information content (AvgIpc) is 3.34. The molecule has 1 atom stereocenters. The van der Waals surface area contributed by atoms with Gasteiger partial charge in [0.05, 0.1) is 22.9 Å². The average molecular weight is 580 g/mol. The van der Waals surface area contributed by atoms with E-state index in [1.54, 1.807) is 16.7 Å². The number of esters is 1. The Morgan fingerprint density at radius 3 is 2.76 bits per heavy atom. The van der Waals surface area contributed by atoms with Crippen LogP contribution in [-0.2, 0) is 43.5 Å². The third-order valence-corrected chi connectivity index (χ3v) is 9.63. The number of carbonyl (C=O) groups excluding carboxylic acids is 3. The molecule has 0 fully saturated rings. The molecule has 0 saturated heterocycles. The first-order valence-corrected chi connectivity index (χ1v) is 15.2. The predicted molar refractivity (Wildman–Crippen MR) is 145 cm³/mol. The molecule has 0 radical (unpaired) electrons. The van der Waals surface area contributed by atoms with Gasteiger partial charge in [0, 0.05) is 11.4 Å². The number of ether oxygens (including phenoxy) is 1. The van der Waals surface area contributed by atoms with Crippen LogP contribution in [0, 0.1) is 11.7 Å². The fourth-order valence-electron chi connectivity index (χ4n) is 4.34. The lowest BCUT2D eigenvalue weighted by molar-refractivity contribution is -0.115. The first kappa shape index (κ1) is 27.9. The summed E-state index contributed by atoms with van der Waals surface area (Å²) in [5.41, 5.74) is 1.70. The summed E-state index contributed by atoms with van der Waals surface area (Å²) in [6.07, 6.45) is 3.89. The molecule has 2 amide bonds. The smallest absolute Gasteiger partial charge is 0.341 e. The quantitative estimate of drug-likeness (QED) is 0.322. The van der Waals surface area contributed by atoms with Crippen LogP contribution in [0.15, 0.2) is 35.8 Å². The topological polar surface area (TPSA) is 124 Å². The zero-order valence-electron chi connectivity index (χ0n) is 20.8. The standard InChI is InChI=1S/C25H26FN3O6S3/c1-4-9-29-17-8-6-15(26)11-19(17)37-25(29)28-21(31)13-38(33,34)12-20(30)27-23-22(24(32)35-3)16-7-5-14(2)10-18(16)36-23/h4,6,8,11,14H,1,5,7,9-10,12-13H2,2-3H3,(H,27,30). The number of carbonyl (C=O) groups is 3. The van der Waals surface area contributed by atoms with E-state index in [2.05, 4.69) is 23.8 Å². The normalized spacial score (nSPS) is 15.8. The third kappa shape index (κ3) is 6.11. The van der Waals surface area contributed by atoms with E-state index in [1.807, 2.05) is 0 Å². The zero-order valence-corrected chi connectivity index (χ0v) is 23.2. The van der Waals surface area contributed by atoms with Gasteiger partial charge in [-0.05, 0) is 48.9 Å². The van der Waals surface area contributed by atoms with Crippen LogP contribution in [0.3, 0.4) is 0 Å². The fraction of sp³-hybridized carbons (Fsp3) is 0.360. The Kier molecular flexibility index (Phi) is 8.28. The number of allylic oxidation sites excluding steroid dienone is 1. The molecule has 2 heterocycles. The molecule has 1 aliphatic rings. The number of rotatable bonds is 8. The van der Waals surface area contributed by atoms with Crippen molar-refractivity contribution in [3.05, 3.63) is 57.5 Å². The number of benzene rings is 1. The van der Waals surface area contributed by atoms with Crippen molar-refractivity contribution in [2.24, 2.45) is 10.9 Å². The third-order valence-electron chi connectivity index (χ3n) is 6.03. The number of nitrogens with one attached hydrogen (secondary N) is 1. The first-order chi connectivity index (χ1) is 18.0. The lowest BCUT2D eigenvalue weighted by Crippen LogP contribution is -2.28. The maximum absolute atomic E-state index is 13.6. The Hall–Kier alpha value is -3.16. The Morgan fingerprint density at radius 1 is 1.29 bits per heavy atom. The number of thiophene rings is 1. The number of hydrogen-bond donors (Lipinski definition) is 1. The van der Waals surface area contributed by atoms with Gasteiger partial charge in [0.1, 0.15) is 22.3 Å². The molecule has 3 aromatic rings. The van der Waals surface area contributed by atoms with Gasteiger partial charge in [-0.1, -0.05) is 24.3 Å². The SMILES string of the molecule is C=CCn1c(=NC(=O)CS(=O)(=O)CC(=O)Nc2sc3c(c2C(=O)OC)CCC(C)C3)sc2cc(F)ccc21. The highest BCUT2D eigenvalue weighted by Gasteiger charge is 2.30. The van der Waals surface area contributed by atoms with Crippen molar-refractivity contribution in [1.29, 1.82) is 0 Å². The molecule has 202 valence electrons. The Morgan fingerprint density at radius 2 is 2.05 bits per heavy atom. The summed E-state index contributed by atoms with van der Waals surface area (Å²) in [6, 6.07) is 4.12. The molecular formula is C25H26FN3O6S3. The van der Waals surface area contributed by atoms with E-state index < -0.39 is 44.9 Å². The monoisotopic (exact) mass is 579 g/mol. The van der Waals surface area contributed by atoms with E-state index in [9.17, 15) is 27.2 Å². The van der Waals surface area contributed by atoms with Crippen LogP contribution < -0.4 is 10.1 Å². The zero-order chi connectivity index (χ0) is 27.6. The van der Waals surface area contributed by atoms with E-state index in [1.165, 1.54) is 30.6 Å². The van der Waals surface area contributed by atoms with Crippen molar-refractivity contribution >= 4 is 65.5 Å². The summed E-state index contributed by atoms with van der Waals surface area (Å²) in [7, 11) is -2.94. The van der Waals surface area contributed by atoms with Gasteiger partial charge in [-0.25, -0.2) is 17.6 Å². The van der Waals surface area contributed by atoms with Crippen molar-refractivity contribution in [2.75, 3.05) is 23.9 Å². The minimum absolute atomic E-state index is 0.191. The van der Waals surface area contributed by atoms with Crippen molar-refractivity contribution in [2.45, 2.75) is 32.7 Å². The number of sulfone groups is 1. The molecule has 0 spiro atoms. The Labute approximate surface area is 226 Å². The lowest BCUT2D eigenvalue weighted by atomic mass is 9.88. The van der Waals surface area contributed by atoms with Crippen LogP contribution >= 0.6 is 22.7 Å². The lowest BCUT2D eigenvalue weighted by Gasteiger charge is -2.18. The second-order valence-electron chi connectivity index (χ2n) is 9.03. The molecule has 0 aliphatic heterocycles. The van der Waals surface area contributed by atoms with E-state index in [-0.39, 0.29) is 21.9 Å². The van der Waals surface area contributed by atoms with Gasteiger partial charge in [0.25, 0.3) is 5.91 Å². The minimum atomic E-state index is -4.18. The number of thiazole rings is 1. The molecule has 4 rings (SSSR count). The molecule has 1 unspecified atom stereocenters. The van der Waals surface area contributed by atoms with Gasteiger partial charge in [-0.3, -0.25) is 9.59 Å². The summed E-state index contributed by atoms with van der Waals surface area (Å²) in [5.74, 6) is -4.40. The van der Waals surface area contributed by atoms with Gasteiger partial charge in [-0.15, -0.1) is 17.9 Å². The minimum Gasteiger partial charge on any atom is -0.465 e. The summed E-state index contributed by atoms with van der Waals surface area (Å²) in [6.45, 7) is 6.05. The van der Waals surface area contributed by atoms with Crippen LogP contribution in [0.4, 0.5) is 9.39 Å². The molecule has 38 heavy (non-hydrogen) atoms. The Bertz CT molecular complexity index is 1620. The van der Waals surface area contributed by atoms with Gasteiger partial charge in [-0.2, -0.15) is 4.99 Å². The Balaban J connectivity index is 1.51. The molecule has 9 nitrogen and oxygen atoms in total. The number of nitrogens with zero attached hydrogens (tertiary/aromatic N) is 2. The van der Waals surface area contributed by atoms with E-state index in [0.717, 1.165) is 34.6 Å². The van der Waals surface area contributed by atoms with Crippen molar-refractivity contribution in [1.82, 2.24) is 4.57 Å². The molecule has 2 aromatic heterocycles. The maximum Gasteiger partial charge on any atom is 0.341 e. The second-order valence-corrected chi connectivity index (χ2v) is 13.2. The molecule has 1 N–H and O–H groups in total. The predicted octanol–water partition coefficient (Wildman–Crippen LogP) is 3.48. The number of methoxy groups -OCH3 is 1. The highest BCUT2D eigenvalue weighted by molar-refractivity contribution is 7.92. The second kappa shape index (κ2) is 11.3. The number of halogens is 1. The summed E-state index contributed by atoms with van der Waals surface area (Å²) in [5, 5.41) is 2.78. The van der Waals surface area contributed by atoms with Crippen LogP contribution in [-0.4, -0.2) is 49.4 Å². The molecule has 0 saturated carbocycles. The van der Waals surface area contributed by atoms with Crippen molar-refractivity contribution in [3.63, 3.8) is 0 Å². The highest BCUT2D eigenvalue weighted by Crippen LogP contribution is 2.40. The van der Waals surface area contributed by atoms with Gasteiger partial charge < -0.3 is 14.6 Å². The summed E-state index contributed by atoms with van der Waals surface area (Å²) >= 11 is 2.28. The number of fused-ring (bicyclic) bond motifs is 2. The summed E-state index contributed by atoms with van der Waals surface area (Å²) in [4.78, 5) is 42.7. The number of hydrogen-bond acceptors (Lipinski definition) is 8. The van der Waals surface area contributed by atoms with Crippen LogP contribution in [0.5, 0.6) is 0 Å². The van der Waals surface area contributed by atoms with E-state index in [4.69, 9.17) is 4.74 Å². The number of aromatic nitrogens is 1. The van der Waals surface area contributed by atoms with Crippen LogP contribution in [0.2, 0.25) is 0 Å². The molecular weight excluding hydrogens is 553 g/mol. The molecule has 0 bridgehead atoms. The largest absolute Gasteiger partial charge is 0.465 e. The van der Waals surface area contributed by atoms with Crippen molar-refractivity contribution < 1.29 is 31.9 Å². The number of amides is 2. The fourth-order valence-corrected chi connectivity index (χ4v) is 7.85.